The van der Waals surface area contributed by atoms with Crippen molar-refractivity contribution >= 4 is 5.91 Å². The van der Waals surface area contributed by atoms with Crippen LogP contribution >= 0.6 is 0 Å². The Kier molecular flexibility index (Phi) is 2.44. The highest BCUT2D eigenvalue weighted by atomic mass is 19.1. The molecule has 1 amide bonds. The number of nitrogens with zero attached hydrogens (tertiary/aromatic N) is 1. The van der Waals surface area contributed by atoms with Crippen LogP contribution in [0.2, 0.25) is 0 Å². The Morgan fingerprint density at radius 2 is 2.36 bits per heavy atom. The second-order valence-corrected chi connectivity index (χ2v) is 2.84. The van der Waals surface area contributed by atoms with E-state index in [1.54, 1.807) is 0 Å². The van der Waals surface area contributed by atoms with E-state index in [0.717, 1.165) is 0 Å². The number of likely N-dealkylation sites (tertiary alicyclic amines) is 1. The first-order valence-electron chi connectivity index (χ1n) is 3.69. The Morgan fingerprint density at radius 3 is 2.82 bits per heavy atom. The molecule has 64 valence electrons. The molecule has 0 bridgehead atoms. The standard InChI is InChI=1S/C7H12FNO2/c1-5(10)9-3-2-6(8)7(11)4-9/h6-7,11H,2-4H2,1H3/t6-,7-/m1/s1. The van der Waals surface area contributed by atoms with Crippen molar-refractivity contribution in [2.45, 2.75) is 25.6 Å². The third-order valence-electron chi connectivity index (χ3n) is 1.95. The zero-order chi connectivity index (χ0) is 8.43. The smallest absolute Gasteiger partial charge is 0.219 e. The van der Waals surface area contributed by atoms with Gasteiger partial charge in [0.25, 0.3) is 0 Å². The van der Waals surface area contributed by atoms with Crippen LogP contribution in [0.25, 0.3) is 0 Å². The van der Waals surface area contributed by atoms with Gasteiger partial charge in [-0.05, 0) is 6.42 Å². The van der Waals surface area contributed by atoms with Crippen LogP contribution in [0.5, 0.6) is 0 Å². The van der Waals surface area contributed by atoms with Crippen LogP contribution in [-0.4, -0.2) is 41.3 Å². The second kappa shape index (κ2) is 3.17. The van der Waals surface area contributed by atoms with Crippen molar-refractivity contribution in [3.8, 4) is 0 Å². The van der Waals surface area contributed by atoms with Crippen molar-refractivity contribution in [3.05, 3.63) is 0 Å². The van der Waals surface area contributed by atoms with Gasteiger partial charge >= 0.3 is 0 Å². The number of halogens is 1. The van der Waals surface area contributed by atoms with Gasteiger partial charge in [-0.15, -0.1) is 0 Å². The van der Waals surface area contributed by atoms with E-state index >= 15 is 0 Å². The van der Waals surface area contributed by atoms with Gasteiger partial charge in [0, 0.05) is 20.0 Å². The van der Waals surface area contributed by atoms with Crippen LogP contribution in [-0.2, 0) is 4.79 Å². The highest BCUT2D eigenvalue weighted by Gasteiger charge is 2.28. The molecule has 1 fully saturated rings. The third-order valence-corrected chi connectivity index (χ3v) is 1.95. The van der Waals surface area contributed by atoms with E-state index in [1.165, 1.54) is 11.8 Å². The Hall–Kier alpha value is -0.640. The van der Waals surface area contributed by atoms with Crippen LogP contribution in [0.4, 0.5) is 4.39 Å². The molecule has 3 nitrogen and oxygen atoms in total. The number of rotatable bonds is 0. The lowest BCUT2D eigenvalue weighted by Gasteiger charge is -2.31. The van der Waals surface area contributed by atoms with E-state index < -0.39 is 12.3 Å². The largest absolute Gasteiger partial charge is 0.388 e. The van der Waals surface area contributed by atoms with Crippen LogP contribution < -0.4 is 0 Å². The number of hydrogen-bond donors (Lipinski definition) is 1. The molecular weight excluding hydrogens is 149 g/mol. The summed E-state index contributed by atoms with van der Waals surface area (Å²) in [7, 11) is 0. The molecule has 0 aromatic carbocycles. The molecule has 0 unspecified atom stereocenters. The summed E-state index contributed by atoms with van der Waals surface area (Å²) in [6, 6.07) is 0. The van der Waals surface area contributed by atoms with E-state index in [2.05, 4.69) is 0 Å². The van der Waals surface area contributed by atoms with Gasteiger partial charge in [-0.1, -0.05) is 0 Å². The molecule has 0 aromatic heterocycles. The molecule has 1 aliphatic heterocycles. The molecule has 4 heteroatoms. The van der Waals surface area contributed by atoms with Gasteiger partial charge in [0.15, 0.2) is 0 Å². The Morgan fingerprint density at radius 1 is 1.73 bits per heavy atom. The maximum atomic E-state index is 12.6. The van der Waals surface area contributed by atoms with E-state index in [-0.39, 0.29) is 18.9 Å². The van der Waals surface area contributed by atoms with Gasteiger partial charge in [0.05, 0.1) is 0 Å². The molecule has 1 aliphatic rings. The first kappa shape index (κ1) is 8.46. The third kappa shape index (κ3) is 1.89. The number of carbonyl (C=O) groups is 1. The number of carbonyl (C=O) groups excluding carboxylic acids is 1. The fourth-order valence-corrected chi connectivity index (χ4v) is 1.19. The number of aliphatic hydroxyl groups excluding tert-OH is 1. The average molecular weight is 161 g/mol. The van der Waals surface area contributed by atoms with Gasteiger partial charge in [-0.2, -0.15) is 0 Å². The molecule has 1 heterocycles. The molecule has 0 aliphatic carbocycles. The van der Waals surface area contributed by atoms with Crippen molar-refractivity contribution in [1.82, 2.24) is 4.90 Å². The second-order valence-electron chi connectivity index (χ2n) is 2.84. The summed E-state index contributed by atoms with van der Waals surface area (Å²) in [6.45, 7) is 1.98. The molecule has 2 atom stereocenters. The number of β-amino-alcohol motifs (C(OH)–C–C–N with tert-alkyl or cyclic N) is 1. The molecule has 0 spiro atoms. The fourth-order valence-electron chi connectivity index (χ4n) is 1.19. The van der Waals surface area contributed by atoms with Crippen LogP contribution in [0.1, 0.15) is 13.3 Å². The number of hydrogen-bond acceptors (Lipinski definition) is 2. The molecular formula is C7H12FNO2. The average Bonchev–Trinajstić information content (AvgIpc) is 1.94. The van der Waals surface area contributed by atoms with E-state index in [4.69, 9.17) is 5.11 Å². The van der Waals surface area contributed by atoms with Crippen molar-refractivity contribution in [2.75, 3.05) is 13.1 Å². The maximum absolute atomic E-state index is 12.6. The minimum absolute atomic E-state index is 0.101. The number of piperidine rings is 1. The summed E-state index contributed by atoms with van der Waals surface area (Å²) in [6.07, 6.45) is -1.90. The summed E-state index contributed by atoms with van der Waals surface area (Å²) >= 11 is 0. The monoisotopic (exact) mass is 161 g/mol. The summed E-state index contributed by atoms with van der Waals surface area (Å²) in [4.78, 5) is 12.2. The molecule has 1 saturated heterocycles. The molecule has 0 radical (unpaired) electrons. The SMILES string of the molecule is CC(=O)N1CC[C@@H](F)[C@H](O)C1. The van der Waals surface area contributed by atoms with Gasteiger partial charge in [0.1, 0.15) is 12.3 Å². The normalized spacial score (nSPS) is 32.1. The van der Waals surface area contributed by atoms with Crippen molar-refractivity contribution in [3.63, 3.8) is 0 Å². The summed E-state index contributed by atoms with van der Waals surface area (Å²) in [5.74, 6) is -0.101. The minimum atomic E-state index is -1.16. The molecule has 0 saturated carbocycles. The van der Waals surface area contributed by atoms with Crippen LogP contribution in [0.3, 0.4) is 0 Å². The van der Waals surface area contributed by atoms with Crippen LogP contribution in [0.15, 0.2) is 0 Å². The Labute approximate surface area is 64.8 Å². The predicted octanol–water partition coefficient (Wildman–Crippen LogP) is -0.0624. The molecule has 11 heavy (non-hydrogen) atoms. The van der Waals surface area contributed by atoms with Crippen LogP contribution in [0, 0.1) is 0 Å². The van der Waals surface area contributed by atoms with Crippen molar-refractivity contribution in [1.29, 1.82) is 0 Å². The molecule has 1 rings (SSSR count). The lowest BCUT2D eigenvalue weighted by Crippen LogP contribution is -2.46. The van der Waals surface area contributed by atoms with Gasteiger partial charge in [0.2, 0.25) is 5.91 Å². The number of aliphatic hydroxyl groups is 1. The lowest BCUT2D eigenvalue weighted by atomic mass is 10.1. The zero-order valence-corrected chi connectivity index (χ0v) is 6.46. The Bertz CT molecular complexity index is 163. The number of amides is 1. The first-order chi connectivity index (χ1) is 5.11. The topological polar surface area (TPSA) is 40.5 Å². The summed E-state index contributed by atoms with van der Waals surface area (Å²) in [5.41, 5.74) is 0. The van der Waals surface area contributed by atoms with Gasteiger partial charge < -0.3 is 10.0 Å². The summed E-state index contributed by atoms with van der Waals surface area (Å²) in [5, 5.41) is 9.03. The van der Waals surface area contributed by atoms with Crippen molar-refractivity contribution in [2.24, 2.45) is 0 Å². The zero-order valence-electron chi connectivity index (χ0n) is 6.46. The van der Waals surface area contributed by atoms with Gasteiger partial charge in [-0.25, -0.2) is 4.39 Å². The van der Waals surface area contributed by atoms with E-state index in [9.17, 15) is 9.18 Å². The van der Waals surface area contributed by atoms with E-state index in [1.807, 2.05) is 0 Å². The lowest BCUT2D eigenvalue weighted by molar-refractivity contribution is -0.133. The Balaban J connectivity index is 2.46. The maximum Gasteiger partial charge on any atom is 0.219 e. The fraction of sp³-hybridized carbons (Fsp3) is 0.857. The van der Waals surface area contributed by atoms with E-state index in [0.29, 0.717) is 6.54 Å². The summed E-state index contributed by atoms with van der Waals surface area (Å²) < 4.78 is 12.6. The molecule has 0 aromatic rings. The highest BCUT2D eigenvalue weighted by Crippen LogP contribution is 2.13. The minimum Gasteiger partial charge on any atom is -0.388 e. The predicted molar refractivity (Wildman–Crippen MR) is 37.8 cm³/mol. The number of alkyl halides is 1. The quantitative estimate of drug-likeness (QED) is 0.540. The van der Waals surface area contributed by atoms with Gasteiger partial charge in [-0.3, -0.25) is 4.79 Å². The van der Waals surface area contributed by atoms with Crippen molar-refractivity contribution < 1.29 is 14.3 Å². The highest BCUT2D eigenvalue weighted by molar-refractivity contribution is 5.73. The first-order valence-corrected chi connectivity index (χ1v) is 3.69. The molecule has 1 N–H and O–H groups in total.